The van der Waals surface area contributed by atoms with Gasteiger partial charge < -0.3 is 5.32 Å². The van der Waals surface area contributed by atoms with Crippen LogP contribution in [-0.4, -0.2) is 12.6 Å². The van der Waals surface area contributed by atoms with E-state index in [0.717, 1.165) is 11.8 Å². The number of hydrogen-bond donors (Lipinski definition) is 1. The first-order valence-electron chi connectivity index (χ1n) is 7.08. The molecule has 0 saturated heterocycles. The van der Waals surface area contributed by atoms with Crippen LogP contribution >= 0.6 is 27.3 Å². The van der Waals surface area contributed by atoms with Gasteiger partial charge in [0.15, 0.2) is 0 Å². The largest absolute Gasteiger partial charge is 0.314 e. The van der Waals surface area contributed by atoms with Crippen LogP contribution in [0.5, 0.6) is 0 Å². The smallest absolute Gasteiger partial charge is 0.0701 e. The number of thiophene rings is 1. The highest BCUT2D eigenvalue weighted by molar-refractivity contribution is 9.11. The van der Waals surface area contributed by atoms with Crippen LogP contribution in [0.15, 0.2) is 15.9 Å². The summed E-state index contributed by atoms with van der Waals surface area (Å²) in [6.45, 7) is 0. The fourth-order valence-corrected chi connectivity index (χ4v) is 7.04. The normalized spacial score (nSPS) is 45.7. The molecule has 2 unspecified atom stereocenters. The highest BCUT2D eigenvalue weighted by atomic mass is 79.9. The summed E-state index contributed by atoms with van der Waals surface area (Å²) in [5, 5.41) is 3.70. The quantitative estimate of drug-likeness (QED) is 0.853. The summed E-state index contributed by atoms with van der Waals surface area (Å²) in [4.78, 5) is 1.64. The molecule has 1 nitrogen and oxygen atoms in total. The molecule has 4 aliphatic carbocycles. The van der Waals surface area contributed by atoms with Crippen LogP contribution in [0.4, 0.5) is 0 Å². The number of rotatable bonds is 2. The molecule has 1 aromatic rings. The van der Waals surface area contributed by atoms with Crippen LogP contribution in [-0.2, 0) is 5.41 Å². The zero-order chi connectivity index (χ0) is 12.4. The van der Waals surface area contributed by atoms with Gasteiger partial charge in [0.1, 0.15) is 0 Å². The third-order valence-corrected chi connectivity index (χ3v) is 7.56. The van der Waals surface area contributed by atoms with Crippen molar-refractivity contribution in [3.63, 3.8) is 0 Å². The molecule has 0 aromatic carbocycles. The molecular weight excluding hydrogens is 306 g/mol. The van der Waals surface area contributed by atoms with Crippen LogP contribution in [0.2, 0.25) is 0 Å². The topological polar surface area (TPSA) is 12.0 Å². The van der Waals surface area contributed by atoms with Gasteiger partial charge in [-0.1, -0.05) is 0 Å². The fraction of sp³-hybridized carbons (Fsp3) is 0.733. The van der Waals surface area contributed by atoms with E-state index < -0.39 is 0 Å². The molecule has 4 bridgehead atoms. The Kier molecular flexibility index (Phi) is 2.54. The van der Waals surface area contributed by atoms with E-state index in [1.54, 1.807) is 4.88 Å². The van der Waals surface area contributed by atoms with Crippen molar-refractivity contribution in [1.29, 1.82) is 0 Å². The minimum absolute atomic E-state index is 0.459. The maximum atomic E-state index is 3.70. The summed E-state index contributed by atoms with van der Waals surface area (Å²) in [7, 11) is 2.19. The molecule has 2 atom stereocenters. The third kappa shape index (κ3) is 1.60. The van der Waals surface area contributed by atoms with Crippen molar-refractivity contribution in [3.05, 3.63) is 20.8 Å². The first-order valence-corrected chi connectivity index (χ1v) is 8.69. The van der Waals surface area contributed by atoms with E-state index in [2.05, 4.69) is 40.4 Å². The Hall–Kier alpha value is 0.140. The van der Waals surface area contributed by atoms with Gasteiger partial charge in [0.2, 0.25) is 0 Å². The lowest BCUT2D eigenvalue weighted by molar-refractivity contribution is -0.0359. The summed E-state index contributed by atoms with van der Waals surface area (Å²) < 4.78 is 1.30. The van der Waals surface area contributed by atoms with Gasteiger partial charge in [-0.3, -0.25) is 0 Å². The predicted molar refractivity (Wildman–Crippen MR) is 80.2 cm³/mol. The molecule has 4 aliphatic rings. The summed E-state index contributed by atoms with van der Waals surface area (Å²) in [5.74, 6) is 1.94. The number of nitrogens with one attached hydrogen (secondary N) is 1. The maximum Gasteiger partial charge on any atom is 0.0701 e. The second kappa shape index (κ2) is 3.83. The molecule has 1 heterocycles. The molecule has 0 radical (unpaired) electrons. The van der Waals surface area contributed by atoms with Gasteiger partial charge in [0.25, 0.3) is 0 Å². The second-order valence-corrected chi connectivity index (χ2v) is 9.34. The highest BCUT2D eigenvalue weighted by Crippen LogP contribution is 2.63. The summed E-state index contributed by atoms with van der Waals surface area (Å²) >= 11 is 5.62. The van der Waals surface area contributed by atoms with Gasteiger partial charge >= 0.3 is 0 Å². The molecule has 5 rings (SSSR count). The Balaban J connectivity index is 1.77. The SMILES string of the molecule is CNC12CC3CC(C1)CC(c1ccc(Br)s1)(C3)C2. The molecule has 4 saturated carbocycles. The fourth-order valence-electron chi connectivity index (χ4n) is 5.44. The molecular formula is C15H20BrNS. The molecule has 3 heteroatoms. The van der Waals surface area contributed by atoms with Crippen molar-refractivity contribution in [2.24, 2.45) is 11.8 Å². The summed E-state index contributed by atoms with van der Waals surface area (Å²) in [5.41, 5.74) is 0.963. The molecule has 0 spiro atoms. The maximum absolute atomic E-state index is 3.70. The third-order valence-electron chi connectivity index (χ3n) is 5.69. The predicted octanol–water partition coefficient (Wildman–Crippen LogP) is 4.32. The van der Waals surface area contributed by atoms with E-state index in [-0.39, 0.29) is 0 Å². The highest BCUT2D eigenvalue weighted by Gasteiger charge is 2.58. The minimum Gasteiger partial charge on any atom is -0.314 e. The number of hydrogen-bond acceptors (Lipinski definition) is 2. The van der Waals surface area contributed by atoms with Gasteiger partial charge in [0.05, 0.1) is 3.79 Å². The average Bonchev–Trinajstić information content (AvgIpc) is 2.75. The van der Waals surface area contributed by atoms with Crippen molar-refractivity contribution in [2.45, 2.75) is 49.5 Å². The molecule has 1 N–H and O–H groups in total. The van der Waals surface area contributed by atoms with Gasteiger partial charge in [-0.25, -0.2) is 0 Å². The first-order chi connectivity index (χ1) is 8.63. The van der Waals surface area contributed by atoms with E-state index >= 15 is 0 Å². The molecule has 98 valence electrons. The van der Waals surface area contributed by atoms with Gasteiger partial charge in [-0.15, -0.1) is 11.3 Å². The van der Waals surface area contributed by atoms with Crippen LogP contribution in [0.3, 0.4) is 0 Å². The zero-order valence-corrected chi connectivity index (χ0v) is 13.2. The lowest BCUT2D eigenvalue weighted by Crippen LogP contribution is -2.62. The zero-order valence-electron chi connectivity index (χ0n) is 10.8. The van der Waals surface area contributed by atoms with E-state index in [4.69, 9.17) is 0 Å². The minimum atomic E-state index is 0.459. The monoisotopic (exact) mass is 325 g/mol. The molecule has 18 heavy (non-hydrogen) atoms. The Labute approximate surface area is 121 Å². The lowest BCUT2D eigenvalue weighted by atomic mass is 9.46. The Morgan fingerprint density at radius 1 is 1.22 bits per heavy atom. The molecule has 0 aliphatic heterocycles. The van der Waals surface area contributed by atoms with E-state index in [0.29, 0.717) is 11.0 Å². The van der Waals surface area contributed by atoms with Crippen molar-refractivity contribution in [1.82, 2.24) is 5.32 Å². The van der Waals surface area contributed by atoms with Crippen molar-refractivity contribution < 1.29 is 0 Å². The first kappa shape index (κ1) is 11.9. The lowest BCUT2D eigenvalue weighted by Gasteiger charge is -2.62. The average molecular weight is 326 g/mol. The van der Waals surface area contributed by atoms with E-state index in [1.165, 1.54) is 42.3 Å². The van der Waals surface area contributed by atoms with Crippen molar-refractivity contribution in [2.75, 3.05) is 7.05 Å². The molecule has 1 aromatic heterocycles. The summed E-state index contributed by atoms with van der Waals surface area (Å²) in [6, 6.07) is 4.62. The van der Waals surface area contributed by atoms with Gasteiger partial charge in [0, 0.05) is 15.8 Å². The van der Waals surface area contributed by atoms with Crippen molar-refractivity contribution in [3.8, 4) is 0 Å². The van der Waals surface area contributed by atoms with Crippen LogP contribution in [0, 0.1) is 11.8 Å². The molecule has 4 fully saturated rings. The Morgan fingerprint density at radius 2 is 1.94 bits per heavy atom. The van der Waals surface area contributed by atoms with Gasteiger partial charge in [-0.05, 0) is 85.5 Å². The Bertz CT molecular complexity index is 467. The molecule has 0 amide bonds. The van der Waals surface area contributed by atoms with Crippen LogP contribution in [0.1, 0.15) is 43.4 Å². The standard InChI is InChI=1S/C15H20BrNS/c1-17-15-7-10-4-11(8-15)6-14(5-10,9-15)12-2-3-13(16)18-12/h2-3,10-11,17H,4-9H2,1H3. The summed E-state index contributed by atoms with van der Waals surface area (Å²) in [6.07, 6.45) is 8.61. The van der Waals surface area contributed by atoms with E-state index in [9.17, 15) is 0 Å². The Morgan fingerprint density at radius 3 is 2.50 bits per heavy atom. The number of halogens is 1. The van der Waals surface area contributed by atoms with Crippen molar-refractivity contribution >= 4 is 27.3 Å². The van der Waals surface area contributed by atoms with Crippen LogP contribution in [0.25, 0.3) is 0 Å². The van der Waals surface area contributed by atoms with E-state index in [1.807, 2.05) is 11.3 Å². The van der Waals surface area contributed by atoms with Crippen LogP contribution < -0.4 is 5.32 Å². The van der Waals surface area contributed by atoms with Gasteiger partial charge in [-0.2, -0.15) is 0 Å². The second-order valence-electron chi connectivity index (χ2n) is 6.88.